The van der Waals surface area contributed by atoms with Crippen LogP contribution in [0.5, 0.6) is 0 Å². The molecule has 2 amide bonds. The Hall–Kier alpha value is -2.04. The Morgan fingerprint density at radius 1 is 1.19 bits per heavy atom. The number of aliphatic carboxylic acids is 1. The van der Waals surface area contributed by atoms with Crippen LogP contribution in [0.2, 0.25) is 0 Å². The Kier molecular flexibility index (Phi) is 5.60. The summed E-state index contributed by atoms with van der Waals surface area (Å²) in [6.45, 7) is 1.04. The summed E-state index contributed by atoms with van der Waals surface area (Å²) in [5.41, 5.74) is 2.85. The highest BCUT2D eigenvalue weighted by atomic mass is 16.4. The SMILES string of the molecule is O=C(O)CCCNC(=O)NCCC1CCc2ccccc21. The van der Waals surface area contributed by atoms with Gasteiger partial charge in [-0.1, -0.05) is 24.3 Å². The molecule has 0 heterocycles. The lowest BCUT2D eigenvalue weighted by Crippen LogP contribution is -2.37. The first-order valence-corrected chi connectivity index (χ1v) is 7.48. The standard InChI is InChI=1S/C16H22N2O3/c19-15(20)6-3-10-17-16(21)18-11-9-13-8-7-12-4-1-2-5-14(12)13/h1-2,4-5,13H,3,6-11H2,(H,19,20)(H2,17,18,21). The lowest BCUT2D eigenvalue weighted by molar-refractivity contribution is -0.137. The van der Waals surface area contributed by atoms with E-state index in [1.165, 1.54) is 11.1 Å². The van der Waals surface area contributed by atoms with E-state index in [9.17, 15) is 9.59 Å². The number of hydrogen-bond acceptors (Lipinski definition) is 2. The molecule has 0 radical (unpaired) electrons. The van der Waals surface area contributed by atoms with E-state index in [1.807, 2.05) is 0 Å². The molecule has 0 fully saturated rings. The van der Waals surface area contributed by atoms with Crippen LogP contribution < -0.4 is 10.6 Å². The normalized spacial score (nSPS) is 16.3. The van der Waals surface area contributed by atoms with Crippen molar-refractivity contribution >= 4 is 12.0 Å². The average molecular weight is 290 g/mol. The molecular weight excluding hydrogens is 268 g/mol. The maximum absolute atomic E-state index is 11.5. The Balaban J connectivity index is 1.62. The number of carboxylic acid groups (broad SMARTS) is 1. The second-order valence-corrected chi connectivity index (χ2v) is 5.40. The van der Waals surface area contributed by atoms with Gasteiger partial charge in [-0.25, -0.2) is 4.79 Å². The highest BCUT2D eigenvalue weighted by Gasteiger charge is 2.21. The summed E-state index contributed by atoms with van der Waals surface area (Å²) >= 11 is 0. The second-order valence-electron chi connectivity index (χ2n) is 5.40. The third-order valence-electron chi connectivity index (χ3n) is 3.89. The molecule has 0 saturated heterocycles. The average Bonchev–Trinajstić information content (AvgIpc) is 2.87. The van der Waals surface area contributed by atoms with Crippen molar-refractivity contribution in [1.29, 1.82) is 0 Å². The third-order valence-corrected chi connectivity index (χ3v) is 3.89. The van der Waals surface area contributed by atoms with Crippen LogP contribution in [0.1, 0.15) is 42.7 Å². The van der Waals surface area contributed by atoms with Gasteiger partial charge in [-0.2, -0.15) is 0 Å². The van der Waals surface area contributed by atoms with Gasteiger partial charge in [0.2, 0.25) is 0 Å². The van der Waals surface area contributed by atoms with E-state index >= 15 is 0 Å². The summed E-state index contributed by atoms with van der Waals surface area (Å²) in [6, 6.07) is 8.28. The maximum atomic E-state index is 11.5. The van der Waals surface area contributed by atoms with Crippen molar-refractivity contribution in [1.82, 2.24) is 10.6 Å². The van der Waals surface area contributed by atoms with E-state index in [0.717, 1.165) is 19.3 Å². The van der Waals surface area contributed by atoms with Gasteiger partial charge in [-0.15, -0.1) is 0 Å². The van der Waals surface area contributed by atoms with Crippen LogP contribution in [-0.2, 0) is 11.2 Å². The molecule has 1 aromatic carbocycles. The first-order chi connectivity index (χ1) is 10.2. The topological polar surface area (TPSA) is 78.4 Å². The molecule has 0 aliphatic heterocycles. The lowest BCUT2D eigenvalue weighted by Gasteiger charge is -2.12. The fraction of sp³-hybridized carbons (Fsp3) is 0.500. The van der Waals surface area contributed by atoms with Crippen molar-refractivity contribution in [2.24, 2.45) is 0 Å². The largest absolute Gasteiger partial charge is 0.481 e. The second kappa shape index (κ2) is 7.67. The summed E-state index contributed by atoms with van der Waals surface area (Å²) < 4.78 is 0. The number of fused-ring (bicyclic) bond motifs is 1. The molecule has 0 spiro atoms. The van der Waals surface area contributed by atoms with Gasteiger partial charge in [-0.05, 0) is 42.7 Å². The first kappa shape index (κ1) is 15.4. The molecule has 0 bridgehead atoms. The summed E-state index contributed by atoms with van der Waals surface area (Å²) in [4.78, 5) is 21.9. The highest BCUT2D eigenvalue weighted by Crippen LogP contribution is 2.34. The highest BCUT2D eigenvalue weighted by molar-refractivity contribution is 5.73. The molecule has 1 atom stereocenters. The van der Waals surface area contributed by atoms with Gasteiger partial charge >= 0.3 is 12.0 Å². The van der Waals surface area contributed by atoms with Crippen molar-refractivity contribution in [3.63, 3.8) is 0 Å². The van der Waals surface area contributed by atoms with Gasteiger partial charge in [0.05, 0.1) is 0 Å². The number of aryl methyl sites for hydroxylation is 1. The Bertz CT molecular complexity index is 502. The summed E-state index contributed by atoms with van der Waals surface area (Å²) in [6.07, 6.45) is 3.76. The van der Waals surface area contributed by atoms with E-state index in [2.05, 4.69) is 34.9 Å². The van der Waals surface area contributed by atoms with Gasteiger partial charge in [0.25, 0.3) is 0 Å². The zero-order valence-corrected chi connectivity index (χ0v) is 12.1. The van der Waals surface area contributed by atoms with Crippen LogP contribution in [0, 0.1) is 0 Å². The minimum atomic E-state index is -0.836. The number of benzene rings is 1. The number of nitrogens with one attached hydrogen (secondary N) is 2. The van der Waals surface area contributed by atoms with Crippen molar-refractivity contribution < 1.29 is 14.7 Å². The van der Waals surface area contributed by atoms with Crippen molar-refractivity contribution in [2.75, 3.05) is 13.1 Å². The van der Waals surface area contributed by atoms with E-state index < -0.39 is 5.97 Å². The van der Waals surface area contributed by atoms with Crippen LogP contribution >= 0.6 is 0 Å². The quantitative estimate of drug-likeness (QED) is 0.674. The Morgan fingerprint density at radius 2 is 1.95 bits per heavy atom. The fourth-order valence-corrected chi connectivity index (χ4v) is 2.81. The summed E-state index contributed by atoms with van der Waals surface area (Å²) in [5, 5.41) is 14.0. The van der Waals surface area contributed by atoms with Crippen LogP contribution in [0.15, 0.2) is 24.3 Å². The molecule has 1 unspecified atom stereocenters. The molecule has 2 rings (SSSR count). The number of urea groups is 1. The predicted molar refractivity (Wildman–Crippen MR) is 80.4 cm³/mol. The van der Waals surface area contributed by atoms with Gasteiger partial charge in [0.1, 0.15) is 0 Å². The van der Waals surface area contributed by atoms with Crippen LogP contribution in [0.3, 0.4) is 0 Å². The molecule has 114 valence electrons. The zero-order chi connectivity index (χ0) is 15.1. The van der Waals surface area contributed by atoms with Crippen molar-refractivity contribution in [2.45, 2.75) is 38.0 Å². The van der Waals surface area contributed by atoms with E-state index in [0.29, 0.717) is 25.4 Å². The summed E-state index contributed by atoms with van der Waals surface area (Å²) in [5.74, 6) is -0.300. The monoisotopic (exact) mass is 290 g/mol. The number of rotatable bonds is 7. The van der Waals surface area contributed by atoms with Crippen LogP contribution in [0.25, 0.3) is 0 Å². The Morgan fingerprint density at radius 3 is 2.76 bits per heavy atom. The van der Waals surface area contributed by atoms with Gasteiger partial charge < -0.3 is 15.7 Å². The fourth-order valence-electron chi connectivity index (χ4n) is 2.81. The zero-order valence-electron chi connectivity index (χ0n) is 12.1. The molecule has 3 N–H and O–H groups in total. The van der Waals surface area contributed by atoms with E-state index in [-0.39, 0.29) is 12.5 Å². The van der Waals surface area contributed by atoms with Gasteiger partial charge in [0.15, 0.2) is 0 Å². The minimum absolute atomic E-state index is 0.0825. The Labute approximate surface area is 124 Å². The number of carbonyl (C=O) groups excluding carboxylic acids is 1. The number of carbonyl (C=O) groups is 2. The molecule has 1 aliphatic rings. The summed E-state index contributed by atoms with van der Waals surface area (Å²) in [7, 11) is 0. The maximum Gasteiger partial charge on any atom is 0.314 e. The molecule has 1 aliphatic carbocycles. The molecule has 1 aromatic rings. The van der Waals surface area contributed by atoms with Crippen molar-refractivity contribution in [3.05, 3.63) is 35.4 Å². The number of carboxylic acids is 1. The molecular formula is C16H22N2O3. The smallest absolute Gasteiger partial charge is 0.314 e. The van der Waals surface area contributed by atoms with Crippen LogP contribution in [0.4, 0.5) is 4.79 Å². The lowest BCUT2D eigenvalue weighted by atomic mass is 9.98. The number of amides is 2. The van der Waals surface area contributed by atoms with Gasteiger partial charge in [-0.3, -0.25) is 4.79 Å². The number of hydrogen-bond donors (Lipinski definition) is 3. The van der Waals surface area contributed by atoms with Gasteiger partial charge in [0, 0.05) is 19.5 Å². The van der Waals surface area contributed by atoms with Crippen molar-refractivity contribution in [3.8, 4) is 0 Å². The molecule has 0 saturated carbocycles. The predicted octanol–water partition coefficient (Wildman–Crippen LogP) is 2.27. The third kappa shape index (κ3) is 4.77. The molecule has 5 nitrogen and oxygen atoms in total. The van der Waals surface area contributed by atoms with E-state index in [1.54, 1.807) is 0 Å². The first-order valence-electron chi connectivity index (χ1n) is 7.48. The molecule has 5 heteroatoms. The minimum Gasteiger partial charge on any atom is -0.481 e. The van der Waals surface area contributed by atoms with Crippen LogP contribution in [-0.4, -0.2) is 30.2 Å². The molecule has 0 aromatic heterocycles. The van der Waals surface area contributed by atoms with E-state index in [4.69, 9.17) is 5.11 Å². The molecule has 21 heavy (non-hydrogen) atoms.